The average Bonchev–Trinajstić information content (AvgIpc) is 2.98. The molecule has 0 aliphatic carbocycles. The molecular formula is C26H44N2O11Si2. The molecule has 13 nitrogen and oxygen atoms in total. The number of hydrogen-bond acceptors (Lipinski definition) is 13. The lowest BCUT2D eigenvalue weighted by atomic mass is 10.3. The van der Waals surface area contributed by atoms with Gasteiger partial charge in [0.1, 0.15) is 24.0 Å². The Labute approximate surface area is 243 Å². The lowest BCUT2D eigenvalue weighted by Gasteiger charge is -2.35. The Bertz CT molecular complexity index is 922. The molecule has 0 fully saturated rings. The van der Waals surface area contributed by atoms with Crippen LogP contribution in [0.1, 0.15) is 12.8 Å². The minimum atomic E-state index is -3.20. The normalized spacial score (nSPS) is 13.6. The zero-order valence-corrected chi connectivity index (χ0v) is 26.1. The van der Waals surface area contributed by atoms with Crippen LogP contribution in [0.3, 0.4) is 0 Å². The number of hydrogen-bond donors (Lipinski definition) is 6. The molecule has 0 saturated carbocycles. The van der Waals surface area contributed by atoms with Gasteiger partial charge < -0.3 is 62.4 Å². The Morgan fingerprint density at radius 1 is 0.634 bits per heavy atom. The van der Waals surface area contributed by atoms with Gasteiger partial charge in [0.05, 0.1) is 24.6 Å². The van der Waals surface area contributed by atoms with E-state index in [4.69, 9.17) is 31.3 Å². The van der Waals surface area contributed by atoms with E-state index in [1.165, 1.54) is 40.6 Å². The van der Waals surface area contributed by atoms with E-state index in [2.05, 4.69) is 10.6 Å². The second-order valence-corrected chi connectivity index (χ2v) is 15.2. The van der Waals surface area contributed by atoms with Crippen molar-refractivity contribution in [2.45, 2.75) is 37.4 Å². The number of rotatable bonds is 22. The summed E-state index contributed by atoms with van der Waals surface area (Å²) in [5.41, 5.74) is 0.821. The maximum atomic E-state index is 10.1. The monoisotopic (exact) mass is 616 g/mol. The number of phenolic OH excluding ortho intramolecular Hbond substituents is 2. The van der Waals surface area contributed by atoms with Crippen molar-refractivity contribution < 1.29 is 51.7 Å². The largest absolute Gasteiger partial charge is 0.506 e. The van der Waals surface area contributed by atoms with Gasteiger partial charge in [-0.25, -0.2) is 0 Å². The standard InChI is InChI=1S/C26H44N2O11Si2/c1-33-40(34-2,17-9-15-37-19-25(31)27-21-11-5-7-13-23(21)29)39-41(35-3,36-4)18-10-16-38-20-26(32)28-22-12-6-8-14-24(22)30/h5-8,11-14,25-32H,9-10,15-20H2,1-4H3. The molecule has 2 aromatic rings. The first kappa shape index (κ1) is 34.9. The predicted molar refractivity (Wildman–Crippen MR) is 157 cm³/mol. The van der Waals surface area contributed by atoms with Crippen molar-refractivity contribution in [2.75, 3.05) is 65.5 Å². The lowest BCUT2D eigenvalue weighted by Crippen LogP contribution is -2.57. The van der Waals surface area contributed by atoms with E-state index < -0.39 is 30.1 Å². The molecule has 2 rings (SSSR count). The van der Waals surface area contributed by atoms with Crippen LogP contribution in [0.5, 0.6) is 11.5 Å². The summed E-state index contributed by atoms with van der Waals surface area (Å²) in [6, 6.07) is 14.1. The molecule has 0 radical (unpaired) electrons. The van der Waals surface area contributed by atoms with Crippen molar-refractivity contribution in [3.8, 4) is 11.5 Å². The molecule has 0 bridgehead atoms. The van der Waals surface area contributed by atoms with Gasteiger partial charge in [-0.3, -0.25) is 0 Å². The molecule has 0 amide bonds. The van der Waals surface area contributed by atoms with E-state index in [-0.39, 0.29) is 24.7 Å². The minimum absolute atomic E-state index is 0.00920. The number of anilines is 2. The fraction of sp³-hybridized carbons (Fsp3) is 0.538. The number of nitrogens with one attached hydrogen (secondary N) is 2. The highest BCUT2D eigenvalue weighted by atomic mass is 28.5. The van der Waals surface area contributed by atoms with Gasteiger partial charge >= 0.3 is 17.6 Å². The number of aliphatic hydroxyl groups excluding tert-OH is 2. The third-order valence-corrected chi connectivity index (χ3v) is 13.0. The summed E-state index contributed by atoms with van der Waals surface area (Å²) in [6.07, 6.45) is -0.948. The van der Waals surface area contributed by atoms with Crippen LogP contribution in [0.2, 0.25) is 12.1 Å². The molecule has 0 heterocycles. The predicted octanol–water partition coefficient (Wildman–Crippen LogP) is 2.55. The Morgan fingerprint density at radius 3 is 1.34 bits per heavy atom. The third-order valence-electron chi connectivity index (χ3n) is 6.10. The molecule has 41 heavy (non-hydrogen) atoms. The second-order valence-electron chi connectivity index (χ2n) is 9.00. The molecule has 2 unspecified atom stereocenters. The zero-order chi connectivity index (χ0) is 30.1. The highest BCUT2D eigenvalue weighted by Gasteiger charge is 2.51. The summed E-state index contributed by atoms with van der Waals surface area (Å²) in [6.45, 7) is 0.637. The van der Waals surface area contributed by atoms with Crippen molar-refractivity contribution in [3.05, 3.63) is 48.5 Å². The van der Waals surface area contributed by atoms with Gasteiger partial charge in [-0.1, -0.05) is 24.3 Å². The third kappa shape index (κ3) is 11.8. The summed E-state index contributed by atoms with van der Waals surface area (Å²) >= 11 is 0. The maximum absolute atomic E-state index is 10.1. The van der Waals surface area contributed by atoms with Crippen LogP contribution in [0.15, 0.2) is 48.5 Å². The first-order chi connectivity index (χ1) is 19.7. The molecule has 15 heteroatoms. The van der Waals surface area contributed by atoms with Crippen LogP contribution >= 0.6 is 0 Å². The van der Waals surface area contributed by atoms with Gasteiger partial charge in [0, 0.05) is 53.7 Å². The number of aliphatic hydroxyl groups is 2. The fourth-order valence-electron chi connectivity index (χ4n) is 3.89. The van der Waals surface area contributed by atoms with E-state index in [1.54, 1.807) is 36.4 Å². The SMILES string of the molecule is CO[Si](CCCOCC(O)Nc1ccccc1O)(OC)O[Si](CCCOCC(O)Nc1ccccc1O)(OC)OC. The highest BCUT2D eigenvalue weighted by Crippen LogP contribution is 2.27. The van der Waals surface area contributed by atoms with Gasteiger partial charge in [0.25, 0.3) is 0 Å². The number of phenols is 2. The molecule has 0 aliphatic rings. The van der Waals surface area contributed by atoms with Crippen LogP contribution in [0.25, 0.3) is 0 Å². The maximum Gasteiger partial charge on any atom is 0.493 e. The average molecular weight is 617 g/mol. The first-order valence-corrected chi connectivity index (χ1v) is 17.1. The Morgan fingerprint density at radius 2 is 1.00 bits per heavy atom. The lowest BCUT2D eigenvalue weighted by molar-refractivity contribution is 0.0444. The van der Waals surface area contributed by atoms with E-state index in [1.807, 2.05) is 0 Å². The smallest absolute Gasteiger partial charge is 0.493 e. The Kier molecular flexibility index (Phi) is 15.6. The molecular weight excluding hydrogens is 572 g/mol. The topological polar surface area (TPSA) is 170 Å². The molecule has 232 valence electrons. The second kappa shape index (κ2) is 18.3. The van der Waals surface area contributed by atoms with Gasteiger partial charge in [0.15, 0.2) is 0 Å². The Hall–Kier alpha value is -2.29. The van der Waals surface area contributed by atoms with Crippen molar-refractivity contribution >= 4 is 29.0 Å². The number of ether oxygens (including phenoxy) is 2. The van der Waals surface area contributed by atoms with Gasteiger partial charge in [0.2, 0.25) is 0 Å². The number of para-hydroxylation sites is 4. The Balaban J connectivity index is 1.76. The number of aromatic hydroxyl groups is 2. The highest BCUT2D eigenvalue weighted by molar-refractivity contribution is 6.75. The molecule has 6 N–H and O–H groups in total. The molecule has 0 saturated heterocycles. The zero-order valence-electron chi connectivity index (χ0n) is 24.1. The van der Waals surface area contributed by atoms with Crippen LogP contribution in [0, 0.1) is 0 Å². The molecule has 0 aromatic heterocycles. The molecule has 0 aliphatic heterocycles. The van der Waals surface area contributed by atoms with Crippen molar-refractivity contribution in [1.82, 2.24) is 0 Å². The summed E-state index contributed by atoms with van der Waals surface area (Å²) in [4.78, 5) is 0. The van der Waals surface area contributed by atoms with E-state index in [0.29, 0.717) is 49.5 Å². The minimum Gasteiger partial charge on any atom is -0.506 e. The van der Waals surface area contributed by atoms with Crippen molar-refractivity contribution in [1.29, 1.82) is 0 Å². The van der Waals surface area contributed by atoms with E-state index >= 15 is 0 Å². The van der Waals surface area contributed by atoms with Crippen LogP contribution in [-0.2, 0) is 31.3 Å². The summed E-state index contributed by atoms with van der Waals surface area (Å²) in [5.74, 6) is 0.0722. The molecule has 0 spiro atoms. The van der Waals surface area contributed by atoms with Crippen molar-refractivity contribution in [2.24, 2.45) is 0 Å². The van der Waals surface area contributed by atoms with E-state index in [0.717, 1.165) is 0 Å². The first-order valence-electron chi connectivity index (χ1n) is 13.2. The molecule has 2 aromatic carbocycles. The summed E-state index contributed by atoms with van der Waals surface area (Å²) < 4.78 is 40.4. The van der Waals surface area contributed by atoms with Crippen molar-refractivity contribution in [3.63, 3.8) is 0 Å². The summed E-state index contributed by atoms with van der Waals surface area (Å²) in [7, 11) is -0.323. The number of benzene rings is 2. The molecule has 2 atom stereocenters. The van der Waals surface area contributed by atoms with Crippen LogP contribution < -0.4 is 10.6 Å². The van der Waals surface area contributed by atoms with E-state index in [9.17, 15) is 20.4 Å². The van der Waals surface area contributed by atoms with Gasteiger partial charge in [-0.15, -0.1) is 0 Å². The van der Waals surface area contributed by atoms with Crippen LogP contribution in [-0.4, -0.2) is 105 Å². The van der Waals surface area contributed by atoms with Crippen LogP contribution in [0.4, 0.5) is 11.4 Å². The quantitative estimate of drug-likeness (QED) is 0.0494. The van der Waals surface area contributed by atoms with Gasteiger partial charge in [-0.05, 0) is 37.1 Å². The summed E-state index contributed by atoms with van der Waals surface area (Å²) in [5, 5.41) is 45.5. The fourth-order valence-corrected chi connectivity index (χ4v) is 10.2. The van der Waals surface area contributed by atoms with Gasteiger partial charge in [-0.2, -0.15) is 0 Å².